The van der Waals surface area contributed by atoms with Gasteiger partial charge in [-0.1, -0.05) is 6.07 Å². The van der Waals surface area contributed by atoms with E-state index >= 15 is 0 Å². The van der Waals surface area contributed by atoms with E-state index in [1.54, 1.807) is 18.3 Å². The van der Waals surface area contributed by atoms with Crippen LogP contribution >= 0.6 is 0 Å². The third-order valence-electron chi connectivity index (χ3n) is 3.09. The molecular formula is C15H14N2O4. The minimum Gasteiger partial charge on any atom is -0.464 e. The van der Waals surface area contributed by atoms with E-state index in [1.165, 1.54) is 7.11 Å². The first-order valence-electron chi connectivity index (χ1n) is 6.43. The normalized spacial score (nSPS) is 12.0. The van der Waals surface area contributed by atoms with E-state index in [0.717, 1.165) is 22.7 Å². The average Bonchev–Trinajstić information content (AvgIpc) is 3.00. The van der Waals surface area contributed by atoms with Gasteiger partial charge in [-0.15, -0.1) is 0 Å². The number of esters is 1. The summed E-state index contributed by atoms with van der Waals surface area (Å²) in [6.07, 6.45) is 1.56. The van der Waals surface area contributed by atoms with Gasteiger partial charge in [0, 0.05) is 18.4 Å². The van der Waals surface area contributed by atoms with Gasteiger partial charge in [0.25, 0.3) is 0 Å². The maximum absolute atomic E-state index is 11.4. The molecule has 0 spiro atoms. The van der Waals surface area contributed by atoms with Crippen molar-refractivity contribution in [1.82, 2.24) is 4.98 Å². The quantitative estimate of drug-likeness (QED) is 0.869. The Balaban J connectivity index is 1.69. The second-order valence-corrected chi connectivity index (χ2v) is 4.46. The van der Waals surface area contributed by atoms with E-state index in [9.17, 15) is 4.79 Å². The number of benzene rings is 1. The van der Waals surface area contributed by atoms with Crippen LogP contribution < -0.4 is 14.8 Å². The van der Waals surface area contributed by atoms with Gasteiger partial charge in [0.1, 0.15) is 5.69 Å². The number of nitrogens with zero attached hydrogens (tertiary/aromatic N) is 1. The average molecular weight is 286 g/mol. The van der Waals surface area contributed by atoms with Gasteiger partial charge >= 0.3 is 5.97 Å². The third-order valence-corrected chi connectivity index (χ3v) is 3.09. The topological polar surface area (TPSA) is 69.7 Å². The van der Waals surface area contributed by atoms with Crippen molar-refractivity contribution >= 4 is 11.7 Å². The highest BCUT2D eigenvalue weighted by molar-refractivity contribution is 5.88. The van der Waals surface area contributed by atoms with Crippen molar-refractivity contribution in [1.29, 1.82) is 0 Å². The predicted molar refractivity (Wildman–Crippen MR) is 75.5 cm³/mol. The lowest BCUT2D eigenvalue weighted by Crippen LogP contribution is -2.06. The van der Waals surface area contributed by atoms with Crippen LogP contribution in [0.25, 0.3) is 0 Å². The number of hydrogen-bond acceptors (Lipinski definition) is 6. The summed E-state index contributed by atoms with van der Waals surface area (Å²) in [6.45, 7) is 0.861. The molecule has 2 heterocycles. The van der Waals surface area contributed by atoms with Crippen LogP contribution in [0, 0.1) is 0 Å². The first-order chi connectivity index (χ1) is 10.3. The Morgan fingerprint density at radius 2 is 2.14 bits per heavy atom. The van der Waals surface area contributed by atoms with E-state index in [1.807, 2.05) is 18.2 Å². The smallest absolute Gasteiger partial charge is 0.356 e. The van der Waals surface area contributed by atoms with Crippen molar-refractivity contribution in [2.45, 2.75) is 6.54 Å². The van der Waals surface area contributed by atoms with Crippen LogP contribution in [0.5, 0.6) is 11.5 Å². The van der Waals surface area contributed by atoms with Crippen LogP contribution in [0.1, 0.15) is 16.1 Å². The Morgan fingerprint density at radius 3 is 3.00 bits per heavy atom. The summed E-state index contributed by atoms with van der Waals surface area (Å²) in [5, 5.41) is 3.23. The van der Waals surface area contributed by atoms with Crippen LogP contribution in [0.4, 0.5) is 5.69 Å². The molecule has 6 nitrogen and oxygen atoms in total. The standard InChI is InChI=1S/C15H14N2O4/c1-19-15(18)12-7-11(4-5-16-12)17-8-10-2-3-13-14(6-10)21-9-20-13/h2-7H,8-9H2,1H3,(H,16,17). The van der Waals surface area contributed by atoms with E-state index in [2.05, 4.69) is 15.0 Å². The van der Waals surface area contributed by atoms with Gasteiger partial charge in [0.2, 0.25) is 6.79 Å². The first kappa shape index (κ1) is 13.2. The number of nitrogens with one attached hydrogen (secondary N) is 1. The zero-order valence-corrected chi connectivity index (χ0v) is 11.5. The number of methoxy groups -OCH3 is 1. The molecule has 1 aromatic heterocycles. The van der Waals surface area contributed by atoms with Gasteiger partial charge in [-0.2, -0.15) is 0 Å². The van der Waals surface area contributed by atoms with Crippen LogP contribution in [0.2, 0.25) is 0 Å². The molecule has 108 valence electrons. The summed E-state index contributed by atoms with van der Waals surface area (Å²) in [4.78, 5) is 15.4. The van der Waals surface area contributed by atoms with Crippen molar-refractivity contribution in [3.05, 3.63) is 47.8 Å². The lowest BCUT2D eigenvalue weighted by molar-refractivity contribution is 0.0594. The maximum atomic E-state index is 11.4. The summed E-state index contributed by atoms with van der Waals surface area (Å²) in [6, 6.07) is 9.21. The van der Waals surface area contributed by atoms with Gasteiger partial charge in [0.15, 0.2) is 11.5 Å². The minimum atomic E-state index is -0.457. The lowest BCUT2D eigenvalue weighted by Gasteiger charge is -2.08. The molecular weight excluding hydrogens is 272 g/mol. The molecule has 0 fully saturated rings. The fourth-order valence-electron chi connectivity index (χ4n) is 2.01. The molecule has 0 amide bonds. The largest absolute Gasteiger partial charge is 0.464 e. The van der Waals surface area contributed by atoms with E-state index < -0.39 is 5.97 Å². The summed E-state index contributed by atoms with van der Waals surface area (Å²) in [7, 11) is 1.33. The number of ether oxygens (including phenoxy) is 3. The molecule has 0 atom stereocenters. The molecule has 1 aliphatic heterocycles. The van der Waals surface area contributed by atoms with E-state index in [0.29, 0.717) is 6.54 Å². The predicted octanol–water partition coefficient (Wildman–Crippen LogP) is 2.21. The van der Waals surface area contributed by atoms with Gasteiger partial charge in [-0.3, -0.25) is 0 Å². The Bertz CT molecular complexity index is 672. The highest BCUT2D eigenvalue weighted by Crippen LogP contribution is 2.32. The highest BCUT2D eigenvalue weighted by atomic mass is 16.7. The number of fused-ring (bicyclic) bond motifs is 1. The summed E-state index contributed by atoms with van der Waals surface area (Å²) in [5.74, 6) is 1.05. The van der Waals surface area contributed by atoms with Crippen LogP contribution in [-0.2, 0) is 11.3 Å². The molecule has 3 rings (SSSR count). The van der Waals surface area contributed by atoms with Crippen LogP contribution in [0.3, 0.4) is 0 Å². The molecule has 21 heavy (non-hydrogen) atoms. The van der Waals surface area contributed by atoms with Crippen LogP contribution in [-0.4, -0.2) is 24.9 Å². The molecule has 0 saturated carbocycles. The minimum absolute atomic E-state index is 0.263. The first-order valence-corrected chi connectivity index (χ1v) is 6.43. The SMILES string of the molecule is COC(=O)c1cc(NCc2ccc3c(c2)OCO3)ccn1. The van der Waals surface area contributed by atoms with Gasteiger partial charge in [-0.05, 0) is 29.8 Å². The monoisotopic (exact) mass is 286 g/mol. The molecule has 1 N–H and O–H groups in total. The third kappa shape index (κ3) is 2.89. The molecule has 0 radical (unpaired) electrons. The molecule has 0 unspecified atom stereocenters. The molecule has 6 heteroatoms. The van der Waals surface area contributed by atoms with Crippen molar-refractivity contribution in [2.75, 3.05) is 19.2 Å². The lowest BCUT2D eigenvalue weighted by atomic mass is 10.2. The van der Waals surface area contributed by atoms with Gasteiger partial charge in [-0.25, -0.2) is 9.78 Å². The molecule has 0 aliphatic carbocycles. The van der Waals surface area contributed by atoms with Crippen molar-refractivity contribution in [3.63, 3.8) is 0 Å². The number of anilines is 1. The fourth-order valence-corrected chi connectivity index (χ4v) is 2.01. The Kier molecular flexibility index (Phi) is 3.59. The van der Waals surface area contributed by atoms with Crippen molar-refractivity contribution in [3.8, 4) is 11.5 Å². The molecule has 2 aromatic rings. The Hall–Kier alpha value is -2.76. The maximum Gasteiger partial charge on any atom is 0.356 e. The second-order valence-electron chi connectivity index (χ2n) is 4.46. The second kappa shape index (κ2) is 5.70. The van der Waals surface area contributed by atoms with Crippen molar-refractivity contribution in [2.24, 2.45) is 0 Å². The highest BCUT2D eigenvalue weighted by Gasteiger charge is 2.13. The van der Waals surface area contributed by atoms with Crippen molar-refractivity contribution < 1.29 is 19.0 Å². The van der Waals surface area contributed by atoms with Crippen LogP contribution in [0.15, 0.2) is 36.5 Å². The van der Waals surface area contributed by atoms with E-state index in [4.69, 9.17) is 9.47 Å². The number of carbonyl (C=O) groups excluding carboxylic acids is 1. The van der Waals surface area contributed by atoms with Gasteiger partial charge < -0.3 is 19.5 Å². The summed E-state index contributed by atoms with van der Waals surface area (Å²) in [5.41, 5.74) is 2.12. The van der Waals surface area contributed by atoms with E-state index in [-0.39, 0.29) is 12.5 Å². The van der Waals surface area contributed by atoms with Gasteiger partial charge in [0.05, 0.1) is 7.11 Å². The number of carbonyl (C=O) groups is 1. The molecule has 1 aliphatic rings. The molecule has 0 saturated heterocycles. The number of pyridine rings is 1. The zero-order valence-electron chi connectivity index (χ0n) is 11.5. The Labute approximate surface area is 121 Å². The number of hydrogen-bond donors (Lipinski definition) is 1. The molecule has 1 aromatic carbocycles. The Morgan fingerprint density at radius 1 is 1.29 bits per heavy atom. The number of aromatic nitrogens is 1. The molecule has 0 bridgehead atoms. The summed E-state index contributed by atoms with van der Waals surface area (Å²) < 4.78 is 15.2. The zero-order chi connectivity index (χ0) is 14.7. The fraction of sp³-hybridized carbons (Fsp3) is 0.200. The summed E-state index contributed by atoms with van der Waals surface area (Å²) >= 11 is 0. The number of rotatable bonds is 4.